The number of aryl methyl sites for hydroxylation is 1. The number of ether oxygens (including phenoxy) is 1. The number of benzene rings is 2. The maximum absolute atomic E-state index is 5.77. The summed E-state index contributed by atoms with van der Waals surface area (Å²) in [5, 5.41) is 0. The number of anilines is 1. The standard InChI is InChI=1S/C14H15NO/c1-11-7-12(9-13(15)8-11)10-16-14-5-3-2-4-6-14/h2-9H,10,15H2,1H3. The summed E-state index contributed by atoms with van der Waals surface area (Å²) in [6.45, 7) is 2.58. The van der Waals surface area contributed by atoms with E-state index in [9.17, 15) is 0 Å². The van der Waals surface area contributed by atoms with Crippen molar-refractivity contribution >= 4 is 5.69 Å². The van der Waals surface area contributed by atoms with Crippen molar-refractivity contribution in [3.05, 3.63) is 59.7 Å². The third-order valence-electron chi connectivity index (χ3n) is 2.31. The lowest BCUT2D eigenvalue weighted by Gasteiger charge is -2.07. The summed E-state index contributed by atoms with van der Waals surface area (Å²) in [5.74, 6) is 0.877. The van der Waals surface area contributed by atoms with E-state index in [4.69, 9.17) is 10.5 Å². The van der Waals surface area contributed by atoms with Crippen molar-refractivity contribution < 1.29 is 4.74 Å². The van der Waals surface area contributed by atoms with Crippen molar-refractivity contribution in [1.82, 2.24) is 0 Å². The van der Waals surface area contributed by atoms with Gasteiger partial charge in [0, 0.05) is 5.69 Å². The van der Waals surface area contributed by atoms with E-state index >= 15 is 0 Å². The van der Waals surface area contributed by atoms with Gasteiger partial charge in [-0.25, -0.2) is 0 Å². The van der Waals surface area contributed by atoms with Crippen LogP contribution in [0.3, 0.4) is 0 Å². The van der Waals surface area contributed by atoms with E-state index in [1.54, 1.807) is 0 Å². The van der Waals surface area contributed by atoms with Gasteiger partial charge in [-0.3, -0.25) is 0 Å². The molecule has 0 atom stereocenters. The summed E-state index contributed by atoms with van der Waals surface area (Å²) >= 11 is 0. The van der Waals surface area contributed by atoms with Crippen molar-refractivity contribution in [3.8, 4) is 5.75 Å². The fourth-order valence-corrected chi connectivity index (χ4v) is 1.66. The molecule has 0 saturated heterocycles. The topological polar surface area (TPSA) is 35.2 Å². The molecule has 0 amide bonds. The number of nitrogen functional groups attached to an aromatic ring is 1. The lowest BCUT2D eigenvalue weighted by atomic mass is 10.1. The highest BCUT2D eigenvalue weighted by atomic mass is 16.5. The van der Waals surface area contributed by atoms with Crippen molar-refractivity contribution in [3.63, 3.8) is 0 Å². The predicted molar refractivity (Wildman–Crippen MR) is 66.4 cm³/mol. The molecule has 0 bridgehead atoms. The van der Waals surface area contributed by atoms with E-state index in [1.807, 2.05) is 49.4 Å². The Labute approximate surface area is 95.7 Å². The first-order valence-electron chi connectivity index (χ1n) is 5.28. The second kappa shape index (κ2) is 4.71. The third kappa shape index (κ3) is 2.76. The van der Waals surface area contributed by atoms with E-state index < -0.39 is 0 Å². The van der Waals surface area contributed by atoms with E-state index in [2.05, 4.69) is 6.07 Å². The molecule has 0 fully saturated rings. The van der Waals surface area contributed by atoms with Crippen LogP contribution in [0, 0.1) is 6.92 Å². The molecule has 2 rings (SSSR count). The normalized spacial score (nSPS) is 10.1. The molecule has 16 heavy (non-hydrogen) atoms. The van der Waals surface area contributed by atoms with Crippen molar-refractivity contribution in [1.29, 1.82) is 0 Å². The van der Waals surface area contributed by atoms with Crippen LogP contribution < -0.4 is 10.5 Å². The van der Waals surface area contributed by atoms with Gasteiger partial charge in [0.1, 0.15) is 12.4 Å². The highest BCUT2D eigenvalue weighted by Gasteiger charge is 1.97. The molecule has 2 aromatic rings. The number of hydrogen-bond donors (Lipinski definition) is 1. The summed E-state index contributed by atoms with van der Waals surface area (Å²) in [7, 11) is 0. The van der Waals surface area contributed by atoms with Crippen LogP contribution in [0.5, 0.6) is 5.75 Å². The second-order valence-corrected chi connectivity index (χ2v) is 3.85. The fraction of sp³-hybridized carbons (Fsp3) is 0.143. The molecular weight excluding hydrogens is 198 g/mol. The smallest absolute Gasteiger partial charge is 0.119 e. The van der Waals surface area contributed by atoms with Gasteiger partial charge in [0.05, 0.1) is 0 Å². The summed E-state index contributed by atoms with van der Waals surface area (Å²) in [5.41, 5.74) is 8.81. The monoisotopic (exact) mass is 213 g/mol. The highest BCUT2D eigenvalue weighted by molar-refractivity contribution is 5.44. The summed E-state index contributed by atoms with van der Waals surface area (Å²) in [6, 6.07) is 15.7. The van der Waals surface area contributed by atoms with Crippen LogP contribution in [-0.4, -0.2) is 0 Å². The first kappa shape index (κ1) is 10.6. The number of hydrogen-bond acceptors (Lipinski definition) is 2. The van der Waals surface area contributed by atoms with Crippen LogP contribution in [0.1, 0.15) is 11.1 Å². The molecule has 0 aliphatic heterocycles. The van der Waals surface area contributed by atoms with Gasteiger partial charge in [0.25, 0.3) is 0 Å². The Bertz CT molecular complexity index is 445. The number of rotatable bonds is 3. The van der Waals surface area contributed by atoms with Gasteiger partial charge in [-0.1, -0.05) is 24.3 Å². The molecule has 2 heteroatoms. The average molecular weight is 213 g/mol. The zero-order valence-electron chi connectivity index (χ0n) is 9.31. The maximum atomic E-state index is 5.77. The quantitative estimate of drug-likeness (QED) is 0.795. The average Bonchev–Trinajstić information content (AvgIpc) is 2.27. The van der Waals surface area contributed by atoms with E-state index in [0.717, 1.165) is 22.6 Å². The number of nitrogens with two attached hydrogens (primary N) is 1. The Morgan fingerprint density at radius 1 is 1.06 bits per heavy atom. The lowest BCUT2D eigenvalue weighted by molar-refractivity contribution is 0.306. The molecule has 0 saturated carbocycles. The van der Waals surface area contributed by atoms with E-state index in [-0.39, 0.29) is 0 Å². The van der Waals surface area contributed by atoms with Gasteiger partial charge in [0.2, 0.25) is 0 Å². The van der Waals surface area contributed by atoms with E-state index in [1.165, 1.54) is 0 Å². The van der Waals surface area contributed by atoms with Crippen LogP contribution in [0.15, 0.2) is 48.5 Å². The largest absolute Gasteiger partial charge is 0.489 e. The molecule has 0 aliphatic carbocycles. The van der Waals surface area contributed by atoms with Crippen molar-refractivity contribution in [2.24, 2.45) is 0 Å². The van der Waals surface area contributed by atoms with Crippen molar-refractivity contribution in [2.45, 2.75) is 13.5 Å². The van der Waals surface area contributed by atoms with Crippen LogP contribution in [0.2, 0.25) is 0 Å². The Morgan fingerprint density at radius 3 is 2.50 bits per heavy atom. The van der Waals surface area contributed by atoms with Crippen LogP contribution in [-0.2, 0) is 6.61 Å². The summed E-state index contributed by atoms with van der Waals surface area (Å²) in [4.78, 5) is 0. The molecule has 0 aliphatic rings. The number of para-hydroxylation sites is 1. The molecule has 2 nitrogen and oxygen atoms in total. The molecule has 0 heterocycles. The zero-order chi connectivity index (χ0) is 11.4. The third-order valence-corrected chi connectivity index (χ3v) is 2.31. The Balaban J connectivity index is 2.05. The first-order valence-corrected chi connectivity index (χ1v) is 5.28. The Hall–Kier alpha value is -1.96. The first-order chi connectivity index (χ1) is 7.74. The van der Waals surface area contributed by atoms with Crippen LogP contribution >= 0.6 is 0 Å². The summed E-state index contributed by atoms with van der Waals surface area (Å²) < 4.78 is 5.65. The SMILES string of the molecule is Cc1cc(N)cc(COc2ccccc2)c1. The predicted octanol–water partition coefficient (Wildman–Crippen LogP) is 3.16. The Kier molecular flexibility index (Phi) is 3.10. The molecule has 2 aromatic carbocycles. The Morgan fingerprint density at radius 2 is 1.81 bits per heavy atom. The van der Waals surface area contributed by atoms with Gasteiger partial charge in [0.15, 0.2) is 0 Å². The van der Waals surface area contributed by atoms with Gasteiger partial charge in [-0.15, -0.1) is 0 Å². The minimum absolute atomic E-state index is 0.551. The molecule has 0 aromatic heterocycles. The van der Waals surface area contributed by atoms with Gasteiger partial charge < -0.3 is 10.5 Å². The van der Waals surface area contributed by atoms with Gasteiger partial charge >= 0.3 is 0 Å². The molecule has 0 spiro atoms. The molecule has 2 N–H and O–H groups in total. The van der Waals surface area contributed by atoms with Gasteiger partial charge in [-0.05, 0) is 42.3 Å². The van der Waals surface area contributed by atoms with Crippen molar-refractivity contribution in [2.75, 3.05) is 5.73 Å². The van der Waals surface area contributed by atoms with Gasteiger partial charge in [-0.2, -0.15) is 0 Å². The lowest BCUT2D eigenvalue weighted by Crippen LogP contribution is -1.97. The molecule has 82 valence electrons. The second-order valence-electron chi connectivity index (χ2n) is 3.85. The van der Waals surface area contributed by atoms with E-state index in [0.29, 0.717) is 6.61 Å². The minimum Gasteiger partial charge on any atom is -0.489 e. The fourth-order valence-electron chi connectivity index (χ4n) is 1.66. The van der Waals surface area contributed by atoms with Crippen LogP contribution in [0.25, 0.3) is 0 Å². The molecule has 0 unspecified atom stereocenters. The zero-order valence-corrected chi connectivity index (χ0v) is 9.31. The maximum Gasteiger partial charge on any atom is 0.119 e. The summed E-state index contributed by atoms with van der Waals surface area (Å²) in [6.07, 6.45) is 0. The molecular formula is C14H15NO. The minimum atomic E-state index is 0.551. The highest BCUT2D eigenvalue weighted by Crippen LogP contribution is 2.15. The van der Waals surface area contributed by atoms with Crippen LogP contribution in [0.4, 0.5) is 5.69 Å². The molecule has 0 radical (unpaired) electrons.